The van der Waals surface area contributed by atoms with Crippen LogP contribution in [-0.4, -0.2) is 75.6 Å². The zero-order valence-corrected chi connectivity index (χ0v) is 20.0. The van der Waals surface area contributed by atoms with Gasteiger partial charge < -0.3 is 24.6 Å². The fourth-order valence-electron chi connectivity index (χ4n) is 4.97. The molecule has 0 bridgehead atoms. The molecular weight excluding hydrogens is 422 g/mol. The lowest BCUT2D eigenvalue weighted by atomic mass is 9.96. The molecule has 4 rings (SSSR count). The van der Waals surface area contributed by atoms with Crippen molar-refractivity contribution in [1.29, 1.82) is 0 Å². The van der Waals surface area contributed by atoms with Crippen LogP contribution in [0.1, 0.15) is 47.6 Å². The van der Waals surface area contributed by atoms with E-state index in [0.29, 0.717) is 6.42 Å². The van der Waals surface area contributed by atoms with Crippen LogP contribution in [-0.2, 0) is 11.3 Å². The second-order valence-corrected chi connectivity index (χ2v) is 9.07. The molecule has 2 fully saturated rings. The van der Waals surface area contributed by atoms with Crippen LogP contribution in [0.15, 0.2) is 30.5 Å². The molecule has 174 valence electrons. The minimum atomic E-state index is -0.00954. The molecular formula is C24H35N5O2S. The lowest BCUT2D eigenvalue weighted by molar-refractivity contribution is 0.0369. The van der Waals surface area contributed by atoms with Crippen molar-refractivity contribution >= 4 is 17.3 Å². The van der Waals surface area contributed by atoms with E-state index < -0.39 is 0 Å². The number of nitrogens with zero attached hydrogens (tertiary/aromatic N) is 4. The molecule has 2 atom stereocenters. The quantitative estimate of drug-likeness (QED) is 0.561. The summed E-state index contributed by atoms with van der Waals surface area (Å²) in [5.74, 6) is 0. The Kier molecular flexibility index (Phi) is 7.78. The average Bonchev–Trinajstić information content (AvgIpc) is 3.29. The molecule has 7 nitrogen and oxygen atoms in total. The molecule has 0 aliphatic carbocycles. The molecule has 0 spiro atoms. The lowest BCUT2D eigenvalue weighted by Crippen LogP contribution is -2.37. The van der Waals surface area contributed by atoms with Crippen molar-refractivity contribution in [3.8, 4) is 0 Å². The van der Waals surface area contributed by atoms with Crippen molar-refractivity contribution in [3.63, 3.8) is 0 Å². The van der Waals surface area contributed by atoms with Crippen molar-refractivity contribution in [2.75, 3.05) is 46.0 Å². The van der Waals surface area contributed by atoms with E-state index in [1.165, 1.54) is 17.0 Å². The third kappa shape index (κ3) is 4.98. The fourth-order valence-corrected chi connectivity index (χ4v) is 5.31. The summed E-state index contributed by atoms with van der Waals surface area (Å²) in [4.78, 5) is 9.34. The third-order valence-electron chi connectivity index (χ3n) is 6.65. The highest BCUT2D eigenvalue weighted by molar-refractivity contribution is 7.80. The smallest absolute Gasteiger partial charge is 0.170 e. The second-order valence-electron chi connectivity index (χ2n) is 8.68. The maximum absolute atomic E-state index is 9.44. The van der Waals surface area contributed by atoms with Gasteiger partial charge in [0.1, 0.15) is 0 Å². The van der Waals surface area contributed by atoms with Gasteiger partial charge in [0.2, 0.25) is 0 Å². The van der Waals surface area contributed by atoms with Crippen molar-refractivity contribution in [1.82, 2.24) is 24.7 Å². The van der Waals surface area contributed by atoms with E-state index in [9.17, 15) is 5.11 Å². The number of nitrogens with one attached hydrogen (secondary N) is 1. The van der Waals surface area contributed by atoms with Crippen LogP contribution in [0.5, 0.6) is 0 Å². The van der Waals surface area contributed by atoms with Crippen LogP contribution < -0.4 is 5.32 Å². The average molecular weight is 458 g/mol. The van der Waals surface area contributed by atoms with Crippen molar-refractivity contribution in [2.45, 2.75) is 45.3 Å². The highest BCUT2D eigenvalue weighted by Crippen LogP contribution is 2.40. The molecule has 2 aromatic rings. The van der Waals surface area contributed by atoms with E-state index in [2.05, 4.69) is 50.6 Å². The number of aliphatic hydroxyl groups is 1. The molecule has 0 radical (unpaired) electrons. The summed E-state index contributed by atoms with van der Waals surface area (Å²) in [5, 5.41) is 13.7. The fraction of sp³-hybridized carbons (Fsp3) is 0.583. The lowest BCUT2D eigenvalue weighted by Gasteiger charge is -2.28. The number of aryl methyl sites for hydroxylation is 1. The molecule has 0 unspecified atom stereocenters. The monoisotopic (exact) mass is 457 g/mol. The SMILES string of the molecule is Cc1cc([C@H]2[C@@H](c3ccccn3)NC(=S)N2CCCO)c(C)n1CCCN1CCOCC1. The van der Waals surface area contributed by atoms with Gasteiger partial charge in [-0.1, -0.05) is 6.07 Å². The van der Waals surface area contributed by atoms with Crippen LogP contribution in [0.2, 0.25) is 0 Å². The van der Waals surface area contributed by atoms with Gasteiger partial charge in [-0.05, 0) is 62.7 Å². The Bertz CT molecular complexity index is 897. The predicted octanol–water partition coefficient (Wildman–Crippen LogP) is 2.58. The first-order chi connectivity index (χ1) is 15.6. The standard InChI is InChI=1S/C24H35N5O2S/c1-18-17-20(19(2)28(18)10-5-9-27-12-15-31-16-13-27)23-22(21-7-3-4-8-25-21)26-24(32)29(23)11-6-14-30/h3-4,7-8,17,22-23,30H,5-6,9-16H2,1-2H3,(H,26,32)/t22-,23+/m1/s1. The molecule has 8 heteroatoms. The second kappa shape index (κ2) is 10.7. The molecule has 2 aliphatic rings. The highest BCUT2D eigenvalue weighted by Gasteiger charge is 2.40. The molecule has 0 aromatic carbocycles. The summed E-state index contributed by atoms with van der Waals surface area (Å²) in [6.45, 7) is 11.2. The van der Waals surface area contributed by atoms with Gasteiger partial charge in [-0.25, -0.2) is 0 Å². The number of hydrogen-bond donors (Lipinski definition) is 2. The minimum absolute atomic E-state index is 0.00954. The van der Waals surface area contributed by atoms with Gasteiger partial charge in [0.25, 0.3) is 0 Å². The van der Waals surface area contributed by atoms with E-state index in [-0.39, 0.29) is 18.7 Å². The Morgan fingerprint density at radius 1 is 1.16 bits per heavy atom. The Hall–Kier alpha value is -2.00. The van der Waals surface area contributed by atoms with E-state index in [1.54, 1.807) is 0 Å². The Labute approximate surface area is 196 Å². The van der Waals surface area contributed by atoms with E-state index in [1.807, 2.05) is 18.3 Å². The third-order valence-corrected chi connectivity index (χ3v) is 7.00. The van der Waals surface area contributed by atoms with Crippen molar-refractivity contribution < 1.29 is 9.84 Å². The number of thiocarbonyl (C=S) groups is 1. The summed E-state index contributed by atoms with van der Waals surface area (Å²) in [6, 6.07) is 8.38. The van der Waals surface area contributed by atoms with Gasteiger partial charge in [0.05, 0.1) is 31.0 Å². The molecule has 2 saturated heterocycles. The van der Waals surface area contributed by atoms with Crippen LogP contribution in [0.25, 0.3) is 0 Å². The topological polar surface area (TPSA) is 65.8 Å². The van der Waals surface area contributed by atoms with E-state index in [4.69, 9.17) is 17.0 Å². The maximum Gasteiger partial charge on any atom is 0.170 e. The molecule has 2 aromatic heterocycles. The number of rotatable bonds is 9. The molecule has 2 aliphatic heterocycles. The minimum Gasteiger partial charge on any atom is -0.396 e. The zero-order chi connectivity index (χ0) is 22.5. The zero-order valence-electron chi connectivity index (χ0n) is 19.2. The number of pyridine rings is 1. The molecule has 4 heterocycles. The van der Waals surface area contributed by atoms with Crippen LogP contribution in [0, 0.1) is 13.8 Å². The first-order valence-corrected chi connectivity index (χ1v) is 12.1. The first kappa shape index (κ1) is 23.2. The number of aliphatic hydroxyl groups excluding tert-OH is 1. The first-order valence-electron chi connectivity index (χ1n) is 11.7. The Morgan fingerprint density at radius 2 is 1.97 bits per heavy atom. The van der Waals surface area contributed by atoms with Gasteiger partial charge in [-0.2, -0.15) is 0 Å². The van der Waals surface area contributed by atoms with Gasteiger partial charge in [0.15, 0.2) is 5.11 Å². The summed E-state index contributed by atoms with van der Waals surface area (Å²) >= 11 is 5.72. The van der Waals surface area contributed by atoms with Crippen LogP contribution >= 0.6 is 12.2 Å². The van der Waals surface area contributed by atoms with Gasteiger partial charge in [0, 0.05) is 56.9 Å². The highest BCUT2D eigenvalue weighted by atomic mass is 32.1. The van der Waals surface area contributed by atoms with Gasteiger partial charge in [-0.15, -0.1) is 0 Å². The van der Waals surface area contributed by atoms with Crippen LogP contribution in [0.3, 0.4) is 0 Å². The summed E-state index contributed by atoms with van der Waals surface area (Å²) in [7, 11) is 0. The Balaban J connectivity index is 1.56. The van der Waals surface area contributed by atoms with E-state index in [0.717, 1.165) is 63.2 Å². The molecule has 2 N–H and O–H groups in total. The Morgan fingerprint density at radius 3 is 2.69 bits per heavy atom. The van der Waals surface area contributed by atoms with Crippen molar-refractivity contribution in [2.24, 2.45) is 0 Å². The maximum atomic E-state index is 9.44. The number of aromatic nitrogens is 2. The molecule has 0 amide bonds. The summed E-state index contributed by atoms with van der Waals surface area (Å²) in [6.07, 6.45) is 3.64. The summed E-state index contributed by atoms with van der Waals surface area (Å²) < 4.78 is 7.91. The molecule has 32 heavy (non-hydrogen) atoms. The largest absolute Gasteiger partial charge is 0.396 e. The van der Waals surface area contributed by atoms with Crippen molar-refractivity contribution in [3.05, 3.63) is 53.1 Å². The predicted molar refractivity (Wildman–Crippen MR) is 130 cm³/mol. The van der Waals surface area contributed by atoms with E-state index >= 15 is 0 Å². The normalized spacial score (nSPS) is 21.8. The summed E-state index contributed by atoms with van der Waals surface area (Å²) in [5.41, 5.74) is 4.84. The molecule has 0 saturated carbocycles. The van der Waals surface area contributed by atoms with Crippen LogP contribution in [0.4, 0.5) is 0 Å². The number of ether oxygens (including phenoxy) is 1. The number of hydrogen-bond acceptors (Lipinski definition) is 5. The van der Waals surface area contributed by atoms with Gasteiger partial charge in [-0.3, -0.25) is 9.88 Å². The van der Waals surface area contributed by atoms with Gasteiger partial charge >= 0.3 is 0 Å². The number of morpholine rings is 1.